The maximum atomic E-state index is 11.9. The maximum absolute atomic E-state index is 11.9. The second-order valence-electron chi connectivity index (χ2n) is 9.28. The number of sulfone groups is 1. The number of aromatic nitrogens is 4. The highest BCUT2D eigenvalue weighted by Gasteiger charge is 2.18. The number of para-hydroxylation sites is 1. The Balaban J connectivity index is 1.17. The second-order valence-corrected chi connectivity index (χ2v) is 12.4. The van der Waals surface area contributed by atoms with E-state index in [0.29, 0.717) is 4.90 Å². The molecule has 35 heavy (non-hydrogen) atoms. The van der Waals surface area contributed by atoms with Gasteiger partial charge in [0.05, 0.1) is 4.90 Å². The molecule has 9 heteroatoms. The van der Waals surface area contributed by atoms with E-state index in [1.807, 2.05) is 19.2 Å². The molecule has 5 rings (SSSR count). The van der Waals surface area contributed by atoms with Gasteiger partial charge < -0.3 is 14.0 Å². The van der Waals surface area contributed by atoms with Gasteiger partial charge in [0, 0.05) is 61.9 Å². The fourth-order valence-corrected chi connectivity index (χ4v) is 6.35. The van der Waals surface area contributed by atoms with Gasteiger partial charge in [-0.05, 0) is 55.1 Å². The zero-order valence-corrected chi connectivity index (χ0v) is 22.1. The lowest BCUT2D eigenvalue weighted by Gasteiger charge is -2.19. The van der Waals surface area contributed by atoms with Crippen LogP contribution < -0.4 is 0 Å². The molecule has 1 aliphatic rings. The number of hydrogen-bond acceptors (Lipinski definition) is 6. The summed E-state index contributed by atoms with van der Waals surface area (Å²) in [4.78, 5) is 2.91. The van der Waals surface area contributed by atoms with Gasteiger partial charge in [-0.3, -0.25) is 0 Å². The van der Waals surface area contributed by atoms with Gasteiger partial charge in [0.1, 0.15) is 0 Å². The van der Waals surface area contributed by atoms with Crippen molar-refractivity contribution < 1.29 is 8.42 Å². The molecule has 4 aromatic rings. The van der Waals surface area contributed by atoms with E-state index in [1.165, 1.54) is 28.3 Å². The molecule has 0 unspecified atom stereocenters. The Morgan fingerprint density at radius 1 is 1.00 bits per heavy atom. The molecule has 3 heterocycles. The first-order valence-corrected chi connectivity index (χ1v) is 14.8. The molecule has 0 N–H and O–H groups in total. The Kier molecular flexibility index (Phi) is 6.74. The molecule has 0 atom stereocenters. The van der Waals surface area contributed by atoms with E-state index >= 15 is 0 Å². The number of hydrogen-bond donors (Lipinski definition) is 0. The number of fused-ring (bicyclic) bond motifs is 2. The number of aryl methyl sites for hydroxylation is 1. The molecule has 0 saturated carbocycles. The van der Waals surface area contributed by atoms with E-state index in [1.54, 1.807) is 17.8 Å². The fraction of sp³-hybridized carbons (Fsp3) is 0.385. The van der Waals surface area contributed by atoms with Gasteiger partial charge in [0.25, 0.3) is 0 Å². The molecule has 0 saturated heterocycles. The average Bonchev–Trinajstić information content (AvgIpc) is 3.28. The minimum absolute atomic E-state index is 0.424. The zero-order chi connectivity index (χ0) is 24.6. The van der Waals surface area contributed by atoms with E-state index in [4.69, 9.17) is 0 Å². The van der Waals surface area contributed by atoms with E-state index in [9.17, 15) is 8.42 Å². The van der Waals surface area contributed by atoms with Crippen LogP contribution in [0, 0.1) is 0 Å². The lowest BCUT2D eigenvalue weighted by atomic mass is 10.0. The van der Waals surface area contributed by atoms with Crippen LogP contribution in [0.1, 0.15) is 17.5 Å². The van der Waals surface area contributed by atoms with Crippen molar-refractivity contribution in [3.8, 4) is 11.4 Å². The minimum atomic E-state index is -3.17. The van der Waals surface area contributed by atoms with Gasteiger partial charge >= 0.3 is 0 Å². The van der Waals surface area contributed by atoms with Crippen LogP contribution in [0.5, 0.6) is 0 Å². The van der Waals surface area contributed by atoms with Crippen LogP contribution in [-0.2, 0) is 36.8 Å². The quantitative estimate of drug-likeness (QED) is 0.277. The third-order valence-corrected chi connectivity index (χ3v) is 9.04. The van der Waals surface area contributed by atoms with Crippen LogP contribution in [0.3, 0.4) is 0 Å². The number of benzene rings is 2. The number of rotatable bonds is 7. The molecule has 0 amide bonds. The van der Waals surface area contributed by atoms with Crippen molar-refractivity contribution in [1.82, 2.24) is 24.2 Å². The average molecular weight is 510 g/mol. The number of thioether (sulfide) groups is 1. The fourth-order valence-electron chi connectivity index (χ4n) is 4.85. The minimum Gasteiger partial charge on any atom is -0.350 e. The summed E-state index contributed by atoms with van der Waals surface area (Å²) in [7, 11) is 0.932. The third-order valence-electron chi connectivity index (χ3n) is 6.82. The summed E-state index contributed by atoms with van der Waals surface area (Å²) in [5.41, 5.74) is 4.74. The highest BCUT2D eigenvalue weighted by Crippen LogP contribution is 2.30. The molecular formula is C26H31N5O2S2. The van der Waals surface area contributed by atoms with Gasteiger partial charge in [-0.15, -0.1) is 10.2 Å². The first-order valence-electron chi connectivity index (χ1n) is 11.9. The number of nitrogens with zero attached hydrogens (tertiary/aromatic N) is 5. The standard InChI is InChI=1S/C26H31N5O2S2/c1-29-18-23(22-7-4-5-8-24(22)29)25-27-28-26(30(25)2)34-16-6-13-31-14-11-19-9-10-21(35(3,32)33)17-20(19)12-15-31/h4-5,7-10,17-18H,6,11-16H2,1-3H3. The van der Waals surface area contributed by atoms with Crippen LogP contribution in [0.2, 0.25) is 0 Å². The lowest BCUT2D eigenvalue weighted by Crippen LogP contribution is -2.27. The molecule has 184 valence electrons. The molecule has 2 aromatic carbocycles. The molecule has 0 spiro atoms. The highest BCUT2D eigenvalue weighted by molar-refractivity contribution is 7.99. The van der Waals surface area contributed by atoms with Gasteiger partial charge in [0.15, 0.2) is 20.8 Å². The molecule has 0 fully saturated rings. The smallest absolute Gasteiger partial charge is 0.191 e. The summed E-state index contributed by atoms with van der Waals surface area (Å²) in [6.07, 6.45) is 6.32. The van der Waals surface area contributed by atoms with Crippen molar-refractivity contribution in [2.24, 2.45) is 14.1 Å². The molecular weight excluding hydrogens is 478 g/mol. The third kappa shape index (κ3) is 5.03. The molecule has 1 aliphatic heterocycles. The Morgan fingerprint density at radius 3 is 2.57 bits per heavy atom. The van der Waals surface area contributed by atoms with Gasteiger partial charge in [-0.25, -0.2) is 8.42 Å². The van der Waals surface area contributed by atoms with E-state index in [0.717, 1.165) is 61.2 Å². The van der Waals surface area contributed by atoms with Crippen LogP contribution in [0.25, 0.3) is 22.3 Å². The van der Waals surface area contributed by atoms with Crippen molar-refractivity contribution in [3.05, 3.63) is 59.8 Å². The van der Waals surface area contributed by atoms with Crippen molar-refractivity contribution >= 4 is 32.5 Å². The highest BCUT2D eigenvalue weighted by atomic mass is 32.2. The predicted molar refractivity (Wildman–Crippen MR) is 142 cm³/mol. The Hall–Kier alpha value is -2.62. The largest absolute Gasteiger partial charge is 0.350 e. The summed E-state index contributed by atoms with van der Waals surface area (Å²) in [6.45, 7) is 2.99. The van der Waals surface area contributed by atoms with Crippen molar-refractivity contribution in [2.45, 2.75) is 29.3 Å². The van der Waals surface area contributed by atoms with Gasteiger partial charge in [-0.1, -0.05) is 36.0 Å². The Morgan fingerprint density at radius 2 is 1.77 bits per heavy atom. The van der Waals surface area contributed by atoms with Crippen molar-refractivity contribution in [1.29, 1.82) is 0 Å². The van der Waals surface area contributed by atoms with Crippen LogP contribution in [-0.4, -0.2) is 64.3 Å². The maximum Gasteiger partial charge on any atom is 0.191 e. The van der Waals surface area contributed by atoms with Gasteiger partial charge in [-0.2, -0.15) is 0 Å². The summed E-state index contributed by atoms with van der Waals surface area (Å²) < 4.78 is 28.0. The van der Waals surface area contributed by atoms with Gasteiger partial charge in [0.2, 0.25) is 0 Å². The topological polar surface area (TPSA) is 73.0 Å². The Bertz CT molecular complexity index is 1470. The molecule has 0 radical (unpaired) electrons. The summed E-state index contributed by atoms with van der Waals surface area (Å²) in [6, 6.07) is 14.0. The van der Waals surface area contributed by atoms with Crippen LogP contribution in [0.4, 0.5) is 0 Å². The first-order chi connectivity index (χ1) is 16.8. The predicted octanol–water partition coefficient (Wildman–Crippen LogP) is 3.96. The van der Waals surface area contributed by atoms with E-state index in [-0.39, 0.29) is 0 Å². The summed E-state index contributed by atoms with van der Waals surface area (Å²) in [5.74, 6) is 1.87. The molecule has 0 bridgehead atoms. The first kappa shape index (κ1) is 24.1. The normalized spacial score (nSPS) is 14.8. The van der Waals surface area contributed by atoms with E-state index in [2.05, 4.69) is 61.7 Å². The van der Waals surface area contributed by atoms with E-state index < -0.39 is 9.84 Å². The molecule has 0 aliphatic carbocycles. The van der Waals surface area contributed by atoms with Crippen LogP contribution >= 0.6 is 11.8 Å². The second kappa shape index (κ2) is 9.79. The Labute approximate surface area is 211 Å². The zero-order valence-electron chi connectivity index (χ0n) is 20.4. The van der Waals surface area contributed by atoms with Crippen molar-refractivity contribution in [3.63, 3.8) is 0 Å². The van der Waals surface area contributed by atoms with Crippen LogP contribution in [0.15, 0.2) is 58.7 Å². The SMILES string of the molecule is Cn1c(SCCCN2CCc3ccc(S(C)(=O)=O)cc3CC2)nnc1-c1cn(C)c2ccccc12. The molecule has 7 nitrogen and oxygen atoms in total. The molecule has 2 aromatic heterocycles. The van der Waals surface area contributed by atoms with Crippen molar-refractivity contribution in [2.75, 3.05) is 31.6 Å². The summed E-state index contributed by atoms with van der Waals surface area (Å²) >= 11 is 1.75. The lowest BCUT2D eigenvalue weighted by molar-refractivity contribution is 0.289. The monoisotopic (exact) mass is 509 g/mol. The summed E-state index contributed by atoms with van der Waals surface area (Å²) in [5, 5.41) is 11.1.